The van der Waals surface area contributed by atoms with E-state index in [9.17, 15) is 22.8 Å². The van der Waals surface area contributed by atoms with Gasteiger partial charge in [0.15, 0.2) is 11.5 Å². The molecule has 11 nitrogen and oxygen atoms in total. The maximum atomic E-state index is 13.1. The lowest BCUT2D eigenvalue weighted by atomic mass is 10.1. The van der Waals surface area contributed by atoms with E-state index in [-0.39, 0.29) is 27.9 Å². The molecule has 0 unspecified atom stereocenters. The smallest absolute Gasteiger partial charge is 0.416 e. The number of amides is 2. The maximum Gasteiger partial charge on any atom is 0.416 e. The summed E-state index contributed by atoms with van der Waals surface area (Å²) in [5.41, 5.74) is 9.60. The molecule has 4 aromatic rings. The molecule has 0 bridgehead atoms. The molecule has 2 aromatic heterocycles. The number of hydrogen-bond acceptors (Lipinski definition) is 6. The Labute approximate surface area is 244 Å². The molecule has 0 aliphatic rings. The molecule has 0 radical (unpaired) electrons. The molecule has 42 heavy (non-hydrogen) atoms. The zero-order valence-electron chi connectivity index (χ0n) is 21.2. The van der Waals surface area contributed by atoms with Crippen LogP contribution in [0.2, 0.25) is 10.0 Å². The van der Waals surface area contributed by atoms with E-state index in [4.69, 9.17) is 47.9 Å². The van der Waals surface area contributed by atoms with Crippen LogP contribution in [0, 0.1) is 5.41 Å². The summed E-state index contributed by atoms with van der Waals surface area (Å²) >= 11 is 12.0. The number of furan rings is 2. The van der Waals surface area contributed by atoms with Crippen molar-refractivity contribution < 1.29 is 36.3 Å². The number of rotatable bonds is 5. The summed E-state index contributed by atoms with van der Waals surface area (Å²) in [4.78, 5) is 28.5. The molecule has 4 rings (SSSR count). The number of aliphatic imine (C=N–C) groups is 1. The number of halogens is 5. The summed E-state index contributed by atoms with van der Waals surface area (Å²) in [5, 5.41) is 10.4. The monoisotopic (exact) mass is 622 g/mol. The van der Waals surface area contributed by atoms with E-state index in [1.54, 1.807) is 18.2 Å². The number of hydrazine groups is 1. The van der Waals surface area contributed by atoms with E-state index >= 15 is 0 Å². The van der Waals surface area contributed by atoms with Crippen LogP contribution >= 0.6 is 23.2 Å². The van der Waals surface area contributed by atoms with Crippen LogP contribution in [-0.2, 0) is 6.18 Å². The summed E-state index contributed by atoms with van der Waals surface area (Å²) in [5.74, 6) is -2.72. The quantitative estimate of drug-likeness (QED) is 0.111. The molecule has 0 aliphatic heterocycles. The summed E-state index contributed by atoms with van der Waals surface area (Å²) in [6, 6.07) is 12.9. The molecule has 16 heteroatoms. The highest BCUT2D eigenvalue weighted by molar-refractivity contribution is 6.33. The zero-order chi connectivity index (χ0) is 30.6. The van der Waals surface area contributed by atoms with E-state index in [1.807, 2.05) is 0 Å². The molecular weight excluding hydrogens is 604 g/mol. The SMILES string of the molecule is COc1ccc(Cl)cc1-c1ccc(C(=O)N=C(N)NNC(=N)NC(=O)c2ccc(-c3cc(C(F)(F)F)ccc3Cl)o2)o1. The first-order chi connectivity index (χ1) is 19.8. The zero-order valence-corrected chi connectivity index (χ0v) is 22.7. The Morgan fingerprint density at radius 3 is 2.29 bits per heavy atom. The van der Waals surface area contributed by atoms with Gasteiger partial charge in [0.05, 0.1) is 23.3 Å². The highest BCUT2D eigenvalue weighted by atomic mass is 35.5. The number of carbonyl (C=O) groups excluding carboxylic acids is 2. The second-order valence-electron chi connectivity index (χ2n) is 8.25. The minimum atomic E-state index is -4.61. The van der Waals surface area contributed by atoms with Crippen LogP contribution in [0.3, 0.4) is 0 Å². The van der Waals surface area contributed by atoms with Gasteiger partial charge >= 0.3 is 12.1 Å². The van der Waals surface area contributed by atoms with E-state index in [0.29, 0.717) is 22.1 Å². The fourth-order valence-electron chi connectivity index (χ4n) is 3.49. The van der Waals surface area contributed by atoms with Gasteiger partial charge in [0.1, 0.15) is 17.3 Å². The van der Waals surface area contributed by atoms with Crippen molar-refractivity contribution in [1.82, 2.24) is 16.2 Å². The Bertz CT molecular complexity index is 1700. The number of hydrogen-bond donors (Lipinski definition) is 5. The number of alkyl halides is 3. The first kappa shape index (κ1) is 30.0. The van der Waals surface area contributed by atoms with Crippen molar-refractivity contribution in [2.45, 2.75) is 6.18 Å². The molecule has 218 valence electrons. The fourth-order valence-corrected chi connectivity index (χ4v) is 3.87. The third-order valence-corrected chi connectivity index (χ3v) is 5.97. The van der Waals surface area contributed by atoms with Gasteiger partial charge in [-0.15, -0.1) is 0 Å². The summed E-state index contributed by atoms with van der Waals surface area (Å²) in [7, 11) is 1.47. The molecule has 2 amide bonds. The molecule has 6 N–H and O–H groups in total. The van der Waals surface area contributed by atoms with Gasteiger partial charge in [-0.3, -0.25) is 31.2 Å². The predicted molar refractivity (Wildman–Crippen MR) is 147 cm³/mol. The fraction of sp³-hybridized carbons (Fsp3) is 0.0769. The Morgan fingerprint density at radius 1 is 0.929 bits per heavy atom. The lowest BCUT2D eigenvalue weighted by molar-refractivity contribution is -0.137. The average molecular weight is 623 g/mol. The minimum Gasteiger partial charge on any atom is -0.496 e. The van der Waals surface area contributed by atoms with E-state index < -0.39 is 35.5 Å². The van der Waals surface area contributed by atoms with Crippen molar-refractivity contribution in [3.63, 3.8) is 0 Å². The van der Waals surface area contributed by atoms with Crippen molar-refractivity contribution in [2.24, 2.45) is 10.7 Å². The van der Waals surface area contributed by atoms with Crippen molar-refractivity contribution in [3.05, 3.63) is 87.8 Å². The van der Waals surface area contributed by atoms with Gasteiger partial charge in [0, 0.05) is 10.6 Å². The minimum absolute atomic E-state index is 0.0258. The van der Waals surface area contributed by atoms with Gasteiger partial charge in [-0.05, 0) is 60.7 Å². The molecule has 0 saturated carbocycles. The third-order valence-electron chi connectivity index (χ3n) is 5.41. The van der Waals surface area contributed by atoms with Gasteiger partial charge < -0.3 is 19.3 Å². The van der Waals surface area contributed by atoms with E-state index in [1.165, 1.54) is 31.4 Å². The largest absolute Gasteiger partial charge is 0.496 e. The van der Waals surface area contributed by atoms with Gasteiger partial charge in [-0.25, -0.2) is 0 Å². The molecular formula is C26H19Cl2F3N6O5. The highest BCUT2D eigenvalue weighted by Gasteiger charge is 2.31. The van der Waals surface area contributed by atoms with Crippen molar-refractivity contribution >= 4 is 46.9 Å². The van der Waals surface area contributed by atoms with Crippen molar-refractivity contribution in [3.8, 4) is 28.4 Å². The van der Waals surface area contributed by atoms with Gasteiger partial charge in [0.2, 0.25) is 11.9 Å². The Hall–Kier alpha value is -4.95. The van der Waals surface area contributed by atoms with Crippen LogP contribution in [0.25, 0.3) is 22.6 Å². The molecule has 2 heterocycles. The molecule has 0 fully saturated rings. The van der Waals surface area contributed by atoms with Gasteiger partial charge in [-0.2, -0.15) is 18.2 Å². The first-order valence-corrected chi connectivity index (χ1v) is 12.3. The standard InChI is InChI=1S/C26H19Cl2F3N6O5/c1-40-17-5-3-13(27)11-15(17)19-7-9-21(42-19)23(39)35-25(33)37-36-24(32)34-22(38)20-8-6-18(41-20)14-10-12(26(29,30)31)2-4-16(14)28/h2-11H,1H3,(H3,32,34,36,38)(H3,33,35,37,39). The number of guanidine groups is 2. The Morgan fingerprint density at radius 2 is 1.60 bits per heavy atom. The van der Waals surface area contributed by atoms with Crippen LogP contribution in [-0.4, -0.2) is 30.8 Å². The predicted octanol–water partition coefficient (Wildman–Crippen LogP) is 5.45. The second kappa shape index (κ2) is 12.3. The number of nitrogens with one attached hydrogen (secondary N) is 4. The van der Waals surface area contributed by atoms with E-state index in [2.05, 4.69) is 21.2 Å². The topological polar surface area (TPSA) is 168 Å². The molecule has 2 aromatic carbocycles. The van der Waals surface area contributed by atoms with Gasteiger partial charge in [0.25, 0.3) is 5.91 Å². The summed E-state index contributed by atoms with van der Waals surface area (Å²) < 4.78 is 55.3. The van der Waals surface area contributed by atoms with Crippen LogP contribution < -0.4 is 26.6 Å². The van der Waals surface area contributed by atoms with E-state index in [0.717, 1.165) is 18.2 Å². The Kier molecular flexibility index (Phi) is 8.78. The Balaban J connectivity index is 1.34. The number of methoxy groups -OCH3 is 1. The van der Waals surface area contributed by atoms with Gasteiger partial charge in [-0.1, -0.05) is 23.2 Å². The van der Waals surface area contributed by atoms with Crippen LogP contribution in [0.5, 0.6) is 5.75 Å². The van der Waals surface area contributed by atoms with Crippen molar-refractivity contribution in [1.29, 1.82) is 5.41 Å². The number of nitrogens with zero attached hydrogens (tertiary/aromatic N) is 1. The van der Waals surface area contributed by atoms with Crippen LogP contribution in [0.1, 0.15) is 26.7 Å². The number of nitrogens with two attached hydrogens (primary N) is 1. The third kappa shape index (κ3) is 7.03. The van der Waals surface area contributed by atoms with Crippen LogP contribution in [0.4, 0.5) is 13.2 Å². The summed E-state index contributed by atoms with van der Waals surface area (Å²) in [6.45, 7) is 0. The molecule has 0 spiro atoms. The number of benzene rings is 2. The second-order valence-corrected chi connectivity index (χ2v) is 9.09. The summed E-state index contributed by atoms with van der Waals surface area (Å²) in [6.07, 6.45) is -4.61. The molecule has 0 aliphatic carbocycles. The maximum absolute atomic E-state index is 13.1. The first-order valence-electron chi connectivity index (χ1n) is 11.6. The lowest BCUT2D eigenvalue weighted by Crippen LogP contribution is -2.51. The lowest BCUT2D eigenvalue weighted by Gasteiger charge is -2.10. The molecule has 0 atom stereocenters. The normalized spacial score (nSPS) is 11.6. The van der Waals surface area contributed by atoms with Crippen LogP contribution in [0.15, 0.2) is 74.5 Å². The number of ether oxygens (including phenoxy) is 1. The number of carbonyl (C=O) groups is 2. The molecule has 0 saturated heterocycles. The average Bonchev–Trinajstić information content (AvgIpc) is 3.62. The van der Waals surface area contributed by atoms with Crippen molar-refractivity contribution in [2.75, 3.05) is 7.11 Å². The highest BCUT2D eigenvalue weighted by Crippen LogP contribution is 2.37.